The number of hydrogen-bond acceptors (Lipinski definition) is 4. The fraction of sp³-hybridized carbons (Fsp3) is 0.458. The Morgan fingerprint density at radius 1 is 1.10 bits per heavy atom. The number of hydrogen-bond donors (Lipinski definition) is 3. The lowest BCUT2D eigenvalue weighted by Gasteiger charge is -2.35. The minimum atomic E-state index is -0.551. The number of aliphatic hydroxyl groups is 1. The fourth-order valence-electron chi connectivity index (χ4n) is 3.71. The van der Waals surface area contributed by atoms with Gasteiger partial charge in [-0.15, -0.1) is 0 Å². The van der Waals surface area contributed by atoms with Gasteiger partial charge in [0.15, 0.2) is 5.96 Å². The van der Waals surface area contributed by atoms with Crippen LogP contribution in [-0.2, 0) is 11.2 Å². The highest BCUT2D eigenvalue weighted by atomic mass is 19.1. The van der Waals surface area contributed by atoms with E-state index in [1.54, 1.807) is 0 Å². The van der Waals surface area contributed by atoms with Gasteiger partial charge in [0.2, 0.25) is 0 Å². The molecule has 0 aliphatic carbocycles. The normalized spacial score (nSPS) is 17.2. The quantitative estimate of drug-likeness (QED) is 0.423. The first-order valence-corrected chi connectivity index (χ1v) is 11.0. The van der Waals surface area contributed by atoms with E-state index in [-0.39, 0.29) is 11.9 Å². The highest BCUT2D eigenvalue weighted by Gasteiger charge is 2.23. The van der Waals surface area contributed by atoms with Gasteiger partial charge in [0, 0.05) is 32.6 Å². The number of nitrogens with zero attached hydrogens (tertiary/aromatic N) is 2. The first-order valence-electron chi connectivity index (χ1n) is 11.0. The topological polar surface area (TPSA) is 69.1 Å². The molecule has 0 spiro atoms. The molecule has 0 radical (unpaired) electrons. The maximum Gasteiger partial charge on any atom is 0.191 e. The average Bonchev–Trinajstić information content (AvgIpc) is 2.80. The van der Waals surface area contributed by atoms with E-state index in [0.717, 1.165) is 30.8 Å². The fourth-order valence-corrected chi connectivity index (χ4v) is 3.71. The van der Waals surface area contributed by atoms with E-state index in [1.807, 2.05) is 49.4 Å². The second kappa shape index (κ2) is 12.4. The van der Waals surface area contributed by atoms with Gasteiger partial charge in [0.1, 0.15) is 5.82 Å². The third-order valence-electron chi connectivity index (χ3n) is 5.32. The Kier molecular flexibility index (Phi) is 9.27. The Morgan fingerprint density at radius 3 is 2.48 bits per heavy atom. The molecule has 2 atom stereocenters. The monoisotopic (exact) mass is 428 g/mol. The van der Waals surface area contributed by atoms with E-state index >= 15 is 0 Å². The molecule has 31 heavy (non-hydrogen) atoms. The molecule has 168 valence electrons. The van der Waals surface area contributed by atoms with E-state index in [4.69, 9.17) is 4.74 Å². The van der Waals surface area contributed by atoms with Crippen LogP contribution >= 0.6 is 0 Å². The molecule has 1 saturated heterocycles. The van der Waals surface area contributed by atoms with Crippen LogP contribution in [-0.4, -0.2) is 68.0 Å². The third kappa shape index (κ3) is 7.61. The van der Waals surface area contributed by atoms with Crippen molar-refractivity contribution in [2.75, 3.05) is 45.9 Å². The van der Waals surface area contributed by atoms with Crippen molar-refractivity contribution in [1.82, 2.24) is 15.5 Å². The number of aliphatic imine (C=N–C) groups is 1. The number of ether oxygens (including phenoxy) is 1. The average molecular weight is 429 g/mol. The van der Waals surface area contributed by atoms with E-state index in [0.29, 0.717) is 38.7 Å². The van der Waals surface area contributed by atoms with Crippen molar-refractivity contribution in [3.05, 3.63) is 71.5 Å². The molecular formula is C24H33FN4O2. The summed E-state index contributed by atoms with van der Waals surface area (Å²) in [5.41, 5.74) is 2.14. The summed E-state index contributed by atoms with van der Waals surface area (Å²) in [4.78, 5) is 6.92. The van der Waals surface area contributed by atoms with Gasteiger partial charge in [0.05, 0.1) is 31.9 Å². The SMILES string of the molecule is CCNC(=NCC(O)Cc1ccccc1)NCC(c1ccc(F)cc1)N1CCOCC1. The molecule has 3 N–H and O–H groups in total. The van der Waals surface area contributed by atoms with Gasteiger partial charge in [0.25, 0.3) is 0 Å². The van der Waals surface area contributed by atoms with Crippen LogP contribution in [0.1, 0.15) is 24.1 Å². The summed E-state index contributed by atoms with van der Waals surface area (Å²) in [7, 11) is 0. The van der Waals surface area contributed by atoms with Crippen molar-refractivity contribution in [3.8, 4) is 0 Å². The molecule has 1 aliphatic heterocycles. The van der Waals surface area contributed by atoms with Gasteiger partial charge >= 0.3 is 0 Å². The Hall–Kier alpha value is -2.48. The van der Waals surface area contributed by atoms with E-state index in [1.165, 1.54) is 12.1 Å². The Labute approximate surface area is 184 Å². The lowest BCUT2D eigenvalue weighted by atomic mass is 10.0. The summed E-state index contributed by atoms with van der Waals surface area (Å²) in [6, 6.07) is 16.7. The second-order valence-corrected chi connectivity index (χ2v) is 7.66. The number of aliphatic hydroxyl groups excluding tert-OH is 1. The standard InChI is InChI=1S/C24H33FN4O2/c1-2-26-24(27-17-22(30)16-19-6-4-3-5-7-19)28-18-23(29-12-14-31-15-13-29)20-8-10-21(25)11-9-20/h3-11,22-23,30H,2,12-18H2,1H3,(H2,26,27,28). The van der Waals surface area contributed by atoms with Gasteiger partial charge < -0.3 is 20.5 Å². The lowest BCUT2D eigenvalue weighted by molar-refractivity contribution is 0.0170. The van der Waals surface area contributed by atoms with Gasteiger partial charge in [-0.2, -0.15) is 0 Å². The molecule has 2 aromatic carbocycles. The smallest absolute Gasteiger partial charge is 0.191 e. The molecule has 1 heterocycles. The summed E-state index contributed by atoms with van der Waals surface area (Å²) < 4.78 is 18.9. The van der Waals surface area contributed by atoms with E-state index in [2.05, 4.69) is 20.5 Å². The van der Waals surface area contributed by atoms with Crippen LogP contribution in [0.5, 0.6) is 0 Å². The maximum absolute atomic E-state index is 13.4. The molecule has 3 rings (SSSR count). The summed E-state index contributed by atoms with van der Waals surface area (Å²) in [6.45, 7) is 6.70. The van der Waals surface area contributed by atoms with Crippen LogP contribution in [0.15, 0.2) is 59.6 Å². The lowest BCUT2D eigenvalue weighted by Crippen LogP contribution is -2.46. The van der Waals surface area contributed by atoms with Crippen molar-refractivity contribution in [1.29, 1.82) is 0 Å². The largest absolute Gasteiger partial charge is 0.391 e. The molecule has 2 unspecified atom stereocenters. The Balaban J connectivity index is 1.63. The zero-order valence-electron chi connectivity index (χ0n) is 18.1. The number of halogens is 1. The predicted octanol–water partition coefficient (Wildman–Crippen LogP) is 2.36. The zero-order valence-corrected chi connectivity index (χ0v) is 18.1. The Bertz CT molecular complexity index is 795. The molecule has 1 aliphatic rings. The number of rotatable bonds is 9. The summed E-state index contributed by atoms with van der Waals surface area (Å²) in [5.74, 6) is 0.426. The van der Waals surface area contributed by atoms with Gasteiger partial charge in [-0.25, -0.2) is 4.39 Å². The van der Waals surface area contributed by atoms with Crippen LogP contribution < -0.4 is 10.6 Å². The highest BCUT2D eigenvalue weighted by Crippen LogP contribution is 2.21. The third-order valence-corrected chi connectivity index (χ3v) is 5.32. The van der Waals surface area contributed by atoms with E-state index in [9.17, 15) is 9.50 Å². The summed E-state index contributed by atoms with van der Waals surface area (Å²) >= 11 is 0. The molecule has 1 fully saturated rings. The minimum Gasteiger partial charge on any atom is -0.391 e. The summed E-state index contributed by atoms with van der Waals surface area (Å²) in [6.07, 6.45) is 0.0143. The van der Waals surface area contributed by atoms with Crippen molar-refractivity contribution < 1.29 is 14.2 Å². The second-order valence-electron chi connectivity index (χ2n) is 7.66. The number of morpholine rings is 1. The van der Waals surface area contributed by atoms with Crippen LogP contribution in [0.2, 0.25) is 0 Å². The number of nitrogens with one attached hydrogen (secondary N) is 2. The van der Waals surface area contributed by atoms with Crippen molar-refractivity contribution in [3.63, 3.8) is 0 Å². The van der Waals surface area contributed by atoms with Crippen LogP contribution in [0.25, 0.3) is 0 Å². The molecule has 0 aromatic heterocycles. The molecule has 0 amide bonds. The van der Waals surface area contributed by atoms with Crippen molar-refractivity contribution >= 4 is 5.96 Å². The van der Waals surface area contributed by atoms with Crippen molar-refractivity contribution in [2.24, 2.45) is 4.99 Å². The van der Waals surface area contributed by atoms with Crippen LogP contribution in [0, 0.1) is 5.82 Å². The molecular weight excluding hydrogens is 395 g/mol. The van der Waals surface area contributed by atoms with Crippen LogP contribution in [0.4, 0.5) is 4.39 Å². The minimum absolute atomic E-state index is 0.0719. The van der Waals surface area contributed by atoms with Gasteiger partial charge in [-0.05, 0) is 30.2 Å². The van der Waals surface area contributed by atoms with Gasteiger partial charge in [-0.3, -0.25) is 9.89 Å². The molecule has 6 nitrogen and oxygen atoms in total. The first kappa shape index (κ1) is 23.2. The van der Waals surface area contributed by atoms with Gasteiger partial charge in [-0.1, -0.05) is 42.5 Å². The highest BCUT2D eigenvalue weighted by molar-refractivity contribution is 5.79. The van der Waals surface area contributed by atoms with E-state index < -0.39 is 6.10 Å². The Morgan fingerprint density at radius 2 is 1.81 bits per heavy atom. The molecule has 7 heteroatoms. The number of benzene rings is 2. The first-order chi connectivity index (χ1) is 15.2. The molecule has 2 aromatic rings. The maximum atomic E-state index is 13.4. The zero-order chi connectivity index (χ0) is 21.9. The predicted molar refractivity (Wildman–Crippen MR) is 122 cm³/mol. The van der Waals surface area contributed by atoms with Crippen LogP contribution in [0.3, 0.4) is 0 Å². The molecule has 0 saturated carbocycles. The van der Waals surface area contributed by atoms with Crippen molar-refractivity contribution in [2.45, 2.75) is 25.5 Å². The molecule has 0 bridgehead atoms. The summed E-state index contributed by atoms with van der Waals surface area (Å²) in [5, 5.41) is 17.0. The number of guanidine groups is 1.